The lowest BCUT2D eigenvalue weighted by Crippen LogP contribution is -2.41. The van der Waals surface area contributed by atoms with Crippen LogP contribution in [0.25, 0.3) is 5.65 Å². The quantitative estimate of drug-likeness (QED) is 0.599. The van der Waals surface area contributed by atoms with Crippen molar-refractivity contribution >= 4 is 23.2 Å². The first-order valence-corrected chi connectivity index (χ1v) is 6.55. The van der Waals surface area contributed by atoms with E-state index in [0.29, 0.717) is 11.3 Å². The molecule has 0 fully saturated rings. The summed E-state index contributed by atoms with van der Waals surface area (Å²) < 4.78 is 1.45. The number of nitrogens with one attached hydrogen (secondary N) is 1. The zero-order valence-electron chi connectivity index (χ0n) is 11.7. The summed E-state index contributed by atoms with van der Waals surface area (Å²) in [5.41, 5.74) is 0.787. The molecule has 0 radical (unpaired) electrons. The Balaban J connectivity index is 2.13. The second-order valence-corrected chi connectivity index (χ2v) is 4.69. The van der Waals surface area contributed by atoms with Crippen LogP contribution < -0.4 is 5.32 Å². The van der Waals surface area contributed by atoms with Gasteiger partial charge in [0.05, 0.1) is 23.2 Å². The van der Waals surface area contributed by atoms with Crippen molar-refractivity contribution in [2.45, 2.75) is 25.8 Å². The molecular formula is C13H14N4O5. The number of carbonyl (C=O) groups is 2. The number of carboxylic acid groups (broad SMARTS) is 1. The van der Waals surface area contributed by atoms with Crippen molar-refractivity contribution in [2.75, 3.05) is 0 Å². The molecule has 0 spiro atoms. The molecule has 0 aliphatic heterocycles. The molecular weight excluding hydrogens is 292 g/mol. The van der Waals surface area contributed by atoms with Crippen molar-refractivity contribution in [1.29, 1.82) is 0 Å². The third-order valence-electron chi connectivity index (χ3n) is 3.08. The van der Waals surface area contributed by atoms with Crippen molar-refractivity contribution < 1.29 is 19.6 Å². The second-order valence-electron chi connectivity index (χ2n) is 4.69. The van der Waals surface area contributed by atoms with E-state index >= 15 is 0 Å². The molecule has 116 valence electrons. The van der Waals surface area contributed by atoms with Gasteiger partial charge < -0.3 is 10.4 Å². The van der Waals surface area contributed by atoms with Crippen molar-refractivity contribution in [3.05, 3.63) is 40.3 Å². The maximum atomic E-state index is 11.8. The van der Waals surface area contributed by atoms with E-state index in [1.165, 1.54) is 28.9 Å². The lowest BCUT2D eigenvalue weighted by atomic mass is 10.2. The first kappa shape index (κ1) is 15.4. The molecule has 2 aromatic heterocycles. The first-order chi connectivity index (χ1) is 10.4. The summed E-state index contributed by atoms with van der Waals surface area (Å²) in [6.07, 6.45) is 2.98. The van der Waals surface area contributed by atoms with Crippen LogP contribution in [0.4, 0.5) is 5.69 Å². The Morgan fingerprint density at radius 1 is 1.45 bits per heavy atom. The highest BCUT2D eigenvalue weighted by molar-refractivity contribution is 5.84. The van der Waals surface area contributed by atoms with Crippen LogP contribution in [0, 0.1) is 10.1 Å². The van der Waals surface area contributed by atoms with Crippen molar-refractivity contribution in [2.24, 2.45) is 0 Å². The number of hydrogen-bond acceptors (Lipinski definition) is 5. The fourth-order valence-electron chi connectivity index (χ4n) is 1.97. The van der Waals surface area contributed by atoms with Gasteiger partial charge in [-0.15, -0.1) is 0 Å². The molecule has 0 aliphatic rings. The third-order valence-corrected chi connectivity index (χ3v) is 3.08. The number of nitrogens with zero attached hydrogens (tertiary/aromatic N) is 3. The van der Waals surface area contributed by atoms with Gasteiger partial charge in [0.15, 0.2) is 0 Å². The molecule has 2 heterocycles. The lowest BCUT2D eigenvalue weighted by Gasteiger charge is -2.11. The Morgan fingerprint density at radius 3 is 2.77 bits per heavy atom. The molecule has 0 saturated carbocycles. The number of hydrogen-bond donors (Lipinski definition) is 2. The Morgan fingerprint density at radius 2 is 2.18 bits per heavy atom. The molecule has 9 heteroatoms. The van der Waals surface area contributed by atoms with Gasteiger partial charge >= 0.3 is 5.97 Å². The van der Waals surface area contributed by atoms with E-state index in [1.54, 1.807) is 6.92 Å². The summed E-state index contributed by atoms with van der Waals surface area (Å²) in [5, 5.41) is 22.0. The Labute approximate surface area is 124 Å². The normalized spacial score (nSPS) is 12.0. The molecule has 9 nitrogen and oxygen atoms in total. The summed E-state index contributed by atoms with van der Waals surface area (Å²) >= 11 is 0. The molecule has 2 rings (SSSR count). The topological polar surface area (TPSA) is 127 Å². The highest BCUT2D eigenvalue weighted by Gasteiger charge is 2.18. The number of amides is 1. The Hall–Kier alpha value is -2.97. The van der Waals surface area contributed by atoms with Gasteiger partial charge in [-0.05, 0) is 12.5 Å². The minimum Gasteiger partial charge on any atom is -0.480 e. The molecule has 1 amide bonds. The first-order valence-electron chi connectivity index (χ1n) is 6.55. The van der Waals surface area contributed by atoms with Crippen LogP contribution in [0.1, 0.15) is 19.0 Å². The predicted octanol–water partition coefficient (Wildman–Crippen LogP) is 0.764. The average Bonchev–Trinajstić information content (AvgIpc) is 2.85. The number of carboxylic acids is 1. The molecule has 1 unspecified atom stereocenters. The standard InChI is InChI=1S/C13H14N4O5/c1-2-10(13(19)20)15-12(18)5-8-6-16-7-9(17(21)22)3-4-11(16)14-8/h3-4,6-7,10H,2,5H2,1H3,(H,15,18)(H,19,20). The predicted molar refractivity (Wildman–Crippen MR) is 75.4 cm³/mol. The van der Waals surface area contributed by atoms with Crippen LogP contribution in [0.15, 0.2) is 24.5 Å². The van der Waals surface area contributed by atoms with Gasteiger partial charge in [0.25, 0.3) is 5.69 Å². The number of pyridine rings is 1. The minimum absolute atomic E-state index is 0.0853. The molecule has 0 aromatic carbocycles. The maximum Gasteiger partial charge on any atom is 0.326 e. The molecule has 0 saturated heterocycles. The second kappa shape index (κ2) is 6.20. The van der Waals surface area contributed by atoms with Crippen molar-refractivity contribution in [3.63, 3.8) is 0 Å². The molecule has 0 bridgehead atoms. The zero-order chi connectivity index (χ0) is 16.3. The van der Waals surface area contributed by atoms with Gasteiger partial charge in [0.2, 0.25) is 5.91 Å². The fourth-order valence-corrected chi connectivity index (χ4v) is 1.97. The highest BCUT2D eigenvalue weighted by Crippen LogP contribution is 2.14. The van der Waals surface area contributed by atoms with Crippen LogP contribution in [0.5, 0.6) is 0 Å². The summed E-state index contributed by atoms with van der Waals surface area (Å²) in [5.74, 6) is -1.56. The van der Waals surface area contributed by atoms with Crippen LogP contribution in [-0.2, 0) is 16.0 Å². The molecule has 2 aromatic rings. The van der Waals surface area contributed by atoms with Crippen LogP contribution in [0.2, 0.25) is 0 Å². The fraction of sp³-hybridized carbons (Fsp3) is 0.308. The monoisotopic (exact) mass is 306 g/mol. The summed E-state index contributed by atoms with van der Waals surface area (Å²) in [4.78, 5) is 37.0. The van der Waals surface area contributed by atoms with Crippen LogP contribution in [0.3, 0.4) is 0 Å². The minimum atomic E-state index is -1.10. The van der Waals surface area contributed by atoms with E-state index in [9.17, 15) is 19.7 Å². The van der Waals surface area contributed by atoms with Gasteiger partial charge in [-0.2, -0.15) is 0 Å². The third kappa shape index (κ3) is 3.37. The highest BCUT2D eigenvalue weighted by atomic mass is 16.6. The number of carbonyl (C=O) groups excluding carboxylic acids is 1. The van der Waals surface area contributed by atoms with Gasteiger partial charge in [0, 0.05) is 12.3 Å². The van der Waals surface area contributed by atoms with Gasteiger partial charge in [-0.1, -0.05) is 6.92 Å². The number of aromatic nitrogens is 2. The molecule has 22 heavy (non-hydrogen) atoms. The maximum absolute atomic E-state index is 11.8. The number of rotatable bonds is 6. The number of nitro groups is 1. The molecule has 0 aliphatic carbocycles. The average molecular weight is 306 g/mol. The largest absolute Gasteiger partial charge is 0.480 e. The van der Waals surface area contributed by atoms with Gasteiger partial charge in [-0.3, -0.25) is 19.3 Å². The van der Waals surface area contributed by atoms with Gasteiger partial charge in [-0.25, -0.2) is 9.78 Å². The van der Waals surface area contributed by atoms with Crippen molar-refractivity contribution in [1.82, 2.24) is 14.7 Å². The number of aliphatic carboxylic acids is 1. The Bertz CT molecular complexity index is 739. The van der Waals surface area contributed by atoms with E-state index in [-0.39, 0.29) is 18.5 Å². The van der Waals surface area contributed by atoms with Crippen LogP contribution >= 0.6 is 0 Å². The van der Waals surface area contributed by atoms with E-state index in [0.717, 1.165) is 0 Å². The van der Waals surface area contributed by atoms with E-state index in [2.05, 4.69) is 10.3 Å². The summed E-state index contributed by atoms with van der Waals surface area (Å²) in [6, 6.07) is 1.86. The number of fused-ring (bicyclic) bond motifs is 1. The molecule has 2 N–H and O–H groups in total. The zero-order valence-corrected chi connectivity index (χ0v) is 11.7. The van der Waals surface area contributed by atoms with E-state index in [4.69, 9.17) is 5.11 Å². The summed E-state index contributed by atoms with van der Waals surface area (Å²) in [7, 11) is 0. The van der Waals surface area contributed by atoms with Gasteiger partial charge in [0.1, 0.15) is 11.7 Å². The van der Waals surface area contributed by atoms with Crippen molar-refractivity contribution in [3.8, 4) is 0 Å². The SMILES string of the molecule is CCC(NC(=O)Cc1cn2cc([N+](=O)[O-])ccc2n1)C(=O)O. The van der Waals surface area contributed by atoms with Crippen LogP contribution in [-0.4, -0.2) is 37.3 Å². The summed E-state index contributed by atoms with van der Waals surface area (Å²) in [6.45, 7) is 1.66. The molecule has 1 atom stereocenters. The van der Waals surface area contributed by atoms with E-state index < -0.39 is 22.8 Å². The van der Waals surface area contributed by atoms with E-state index in [1.807, 2.05) is 0 Å². The number of imidazole rings is 1. The smallest absolute Gasteiger partial charge is 0.326 e. The lowest BCUT2D eigenvalue weighted by molar-refractivity contribution is -0.385. The Kier molecular flexibility index (Phi) is 4.35.